The Morgan fingerprint density at radius 3 is 2.52 bits per heavy atom. The predicted molar refractivity (Wildman–Crippen MR) is 123 cm³/mol. The lowest BCUT2D eigenvalue weighted by Gasteiger charge is -2.08. The molecule has 0 spiro atoms. The van der Waals surface area contributed by atoms with Crippen molar-refractivity contribution < 1.29 is 19.4 Å². The van der Waals surface area contributed by atoms with E-state index < -0.39 is 11.9 Å². The molecule has 0 unspecified atom stereocenters. The molecular weight excluding hydrogens is 412 g/mol. The Labute approximate surface area is 182 Å². The van der Waals surface area contributed by atoms with Gasteiger partial charge in [0.1, 0.15) is 5.75 Å². The summed E-state index contributed by atoms with van der Waals surface area (Å²) in [7, 11) is 1.61. The van der Waals surface area contributed by atoms with Gasteiger partial charge in [0.2, 0.25) is 0 Å². The fourth-order valence-electron chi connectivity index (χ4n) is 3.04. The molecule has 6 nitrogen and oxygen atoms in total. The van der Waals surface area contributed by atoms with Gasteiger partial charge in [0.25, 0.3) is 5.91 Å². The smallest absolute Gasteiger partial charge is 0.337 e. The van der Waals surface area contributed by atoms with Gasteiger partial charge in [0.15, 0.2) is 5.01 Å². The number of aromatic nitrogens is 1. The average molecular weight is 430 g/mol. The number of fused-ring (bicyclic) bond motifs is 1. The van der Waals surface area contributed by atoms with E-state index in [9.17, 15) is 14.7 Å². The zero-order valence-corrected chi connectivity index (χ0v) is 17.3. The van der Waals surface area contributed by atoms with Crippen molar-refractivity contribution in [2.24, 2.45) is 0 Å². The van der Waals surface area contributed by atoms with Crippen LogP contribution in [0.2, 0.25) is 0 Å². The number of para-hydroxylation sites is 1. The Bertz CT molecular complexity index is 1280. The maximum Gasteiger partial charge on any atom is 0.337 e. The van der Waals surface area contributed by atoms with Crippen LogP contribution in [-0.4, -0.2) is 29.1 Å². The van der Waals surface area contributed by atoms with Crippen LogP contribution >= 0.6 is 11.3 Å². The lowest BCUT2D eigenvalue weighted by molar-refractivity contribution is 0.0698. The molecule has 3 aromatic carbocycles. The molecule has 0 aliphatic heterocycles. The van der Waals surface area contributed by atoms with Crippen molar-refractivity contribution >= 4 is 51.3 Å². The summed E-state index contributed by atoms with van der Waals surface area (Å²) >= 11 is 1.26. The van der Waals surface area contributed by atoms with Crippen molar-refractivity contribution in [2.45, 2.75) is 0 Å². The average Bonchev–Trinajstić information content (AvgIpc) is 3.22. The number of carboxylic acid groups (broad SMARTS) is 1. The number of carboxylic acids is 1. The summed E-state index contributed by atoms with van der Waals surface area (Å²) in [5, 5.41) is 12.5. The predicted octanol–water partition coefficient (Wildman–Crippen LogP) is 5.43. The maximum atomic E-state index is 12.7. The summed E-state index contributed by atoms with van der Waals surface area (Å²) < 4.78 is 6.11. The number of carbonyl (C=O) groups excluding carboxylic acids is 1. The molecule has 1 heterocycles. The van der Waals surface area contributed by atoms with Crippen molar-refractivity contribution in [3.05, 3.63) is 88.4 Å². The second kappa shape index (κ2) is 8.81. The first-order valence-electron chi connectivity index (χ1n) is 9.40. The van der Waals surface area contributed by atoms with Gasteiger partial charge in [-0.25, -0.2) is 9.78 Å². The summed E-state index contributed by atoms with van der Waals surface area (Å²) in [5.41, 5.74) is 2.62. The molecule has 0 aliphatic rings. The van der Waals surface area contributed by atoms with E-state index in [-0.39, 0.29) is 16.3 Å². The maximum absolute atomic E-state index is 12.7. The number of aromatic carboxylic acids is 1. The van der Waals surface area contributed by atoms with Gasteiger partial charge in [-0.2, -0.15) is 0 Å². The van der Waals surface area contributed by atoms with Crippen LogP contribution in [0.15, 0.2) is 66.7 Å². The van der Waals surface area contributed by atoms with Gasteiger partial charge in [0.05, 0.1) is 28.6 Å². The summed E-state index contributed by atoms with van der Waals surface area (Å²) in [4.78, 5) is 28.7. The van der Waals surface area contributed by atoms with Gasteiger partial charge in [-0.05, 0) is 47.5 Å². The molecule has 0 fully saturated rings. The Kier molecular flexibility index (Phi) is 5.77. The second-order valence-electron chi connectivity index (χ2n) is 6.66. The molecule has 154 valence electrons. The molecule has 1 amide bonds. The fourth-order valence-corrected chi connectivity index (χ4v) is 3.90. The van der Waals surface area contributed by atoms with Gasteiger partial charge >= 0.3 is 5.97 Å². The van der Waals surface area contributed by atoms with E-state index in [1.807, 2.05) is 60.7 Å². The molecule has 2 N–H and O–H groups in total. The normalized spacial score (nSPS) is 11.0. The number of ether oxygens (including phenoxy) is 1. The zero-order valence-electron chi connectivity index (χ0n) is 16.5. The molecule has 0 saturated carbocycles. The molecule has 4 aromatic rings. The van der Waals surface area contributed by atoms with Crippen LogP contribution in [0.3, 0.4) is 0 Å². The number of rotatable bonds is 6. The molecular formula is C24H18N2O4S. The third-order valence-corrected chi connectivity index (χ3v) is 5.61. The van der Waals surface area contributed by atoms with Gasteiger partial charge in [-0.3, -0.25) is 4.79 Å². The van der Waals surface area contributed by atoms with Crippen molar-refractivity contribution in [3.8, 4) is 5.75 Å². The first-order valence-corrected chi connectivity index (χ1v) is 10.2. The zero-order chi connectivity index (χ0) is 21.8. The number of amides is 1. The van der Waals surface area contributed by atoms with E-state index >= 15 is 0 Å². The standard InChI is InChI=1S/C24H18N2O4S/c1-30-17-6-4-5-15(13-17)9-10-16-11-12-18(24(28)29)20(14-16)25-22(27)23-26-19-7-2-3-8-21(19)31-23/h2-14H,1H3,(H,25,27)(H,28,29)/b10-9+. The van der Waals surface area contributed by atoms with Crippen LogP contribution < -0.4 is 10.1 Å². The Morgan fingerprint density at radius 2 is 1.77 bits per heavy atom. The van der Waals surface area contributed by atoms with Crippen LogP contribution in [0.1, 0.15) is 31.3 Å². The highest BCUT2D eigenvalue weighted by Gasteiger charge is 2.17. The van der Waals surface area contributed by atoms with Gasteiger partial charge in [0, 0.05) is 0 Å². The Hall–Kier alpha value is -3.97. The summed E-state index contributed by atoms with van der Waals surface area (Å²) in [5.74, 6) is -0.826. The Morgan fingerprint density at radius 1 is 1.00 bits per heavy atom. The van der Waals surface area contributed by atoms with Crippen LogP contribution in [0.4, 0.5) is 5.69 Å². The molecule has 0 radical (unpaired) electrons. The molecule has 1 aromatic heterocycles. The first-order chi connectivity index (χ1) is 15.0. The molecule has 4 rings (SSSR count). The fraction of sp³-hybridized carbons (Fsp3) is 0.0417. The number of nitrogens with zero attached hydrogens (tertiary/aromatic N) is 1. The number of anilines is 1. The highest BCUT2D eigenvalue weighted by atomic mass is 32.1. The SMILES string of the molecule is COc1cccc(/C=C/c2ccc(C(=O)O)c(NC(=O)c3nc4ccccc4s3)c2)c1. The molecule has 31 heavy (non-hydrogen) atoms. The number of thiazole rings is 1. The quantitative estimate of drug-likeness (QED) is 0.399. The minimum atomic E-state index is -1.12. The summed E-state index contributed by atoms with van der Waals surface area (Å²) in [6.07, 6.45) is 3.73. The van der Waals surface area contributed by atoms with Crippen molar-refractivity contribution in [3.63, 3.8) is 0 Å². The lowest BCUT2D eigenvalue weighted by atomic mass is 10.1. The second-order valence-corrected chi connectivity index (χ2v) is 7.69. The molecule has 0 aliphatic carbocycles. The number of benzene rings is 3. The highest BCUT2D eigenvalue weighted by molar-refractivity contribution is 7.20. The minimum Gasteiger partial charge on any atom is -0.497 e. The van der Waals surface area contributed by atoms with Crippen LogP contribution in [0, 0.1) is 0 Å². The van der Waals surface area contributed by atoms with E-state index in [4.69, 9.17) is 4.74 Å². The van der Waals surface area contributed by atoms with Crippen molar-refractivity contribution in [1.29, 1.82) is 0 Å². The molecule has 0 bridgehead atoms. The monoisotopic (exact) mass is 430 g/mol. The van der Waals surface area contributed by atoms with Gasteiger partial charge in [-0.1, -0.05) is 42.5 Å². The molecule has 0 saturated heterocycles. The molecule has 0 atom stereocenters. The topological polar surface area (TPSA) is 88.5 Å². The van der Waals surface area contributed by atoms with E-state index in [1.165, 1.54) is 17.4 Å². The van der Waals surface area contributed by atoms with Gasteiger partial charge < -0.3 is 15.2 Å². The first kappa shape index (κ1) is 20.3. The third-order valence-electron chi connectivity index (χ3n) is 4.57. The number of carbonyl (C=O) groups is 2. The van der Waals surface area contributed by atoms with E-state index in [0.717, 1.165) is 27.1 Å². The third kappa shape index (κ3) is 4.62. The van der Waals surface area contributed by atoms with Gasteiger partial charge in [-0.15, -0.1) is 11.3 Å². The Balaban J connectivity index is 1.61. The molecule has 7 heteroatoms. The number of nitrogens with one attached hydrogen (secondary N) is 1. The lowest BCUT2D eigenvalue weighted by Crippen LogP contribution is -2.14. The van der Waals surface area contributed by atoms with Crippen LogP contribution in [0.25, 0.3) is 22.4 Å². The number of methoxy groups -OCH3 is 1. The summed E-state index contributed by atoms with van der Waals surface area (Å²) in [6, 6.07) is 19.8. The highest BCUT2D eigenvalue weighted by Crippen LogP contribution is 2.25. The summed E-state index contributed by atoms with van der Waals surface area (Å²) in [6.45, 7) is 0. The van der Waals surface area contributed by atoms with E-state index in [0.29, 0.717) is 0 Å². The van der Waals surface area contributed by atoms with Crippen LogP contribution in [-0.2, 0) is 0 Å². The van der Waals surface area contributed by atoms with Crippen LogP contribution in [0.5, 0.6) is 5.75 Å². The van der Waals surface area contributed by atoms with E-state index in [2.05, 4.69) is 10.3 Å². The largest absolute Gasteiger partial charge is 0.497 e. The van der Waals surface area contributed by atoms with Crippen molar-refractivity contribution in [1.82, 2.24) is 4.98 Å². The van der Waals surface area contributed by atoms with Crippen molar-refractivity contribution in [2.75, 3.05) is 12.4 Å². The minimum absolute atomic E-state index is 0.00740. The number of hydrogen-bond acceptors (Lipinski definition) is 5. The number of hydrogen-bond donors (Lipinski definition) is 2. The van der Waals surface area contributed by atoms with E-state index in [1.54, 1.807) is 19.2 Å².